The van der Waals surface area contributed by atoms with Crippen molar-refractivity contribution in [1.29, 1.82) is 0 Å². The van der Waals surface area contributed by atoms with Crippen LogP contribution in [0.3, 0.4) is 0 Å². The highest BCUT2D eigenvalue weighted by atomic mass is 16.5. The van der Waals surface area contributed by atoms with Crippen molar-refractivity contribution in [2.45, 2.75) is 19.3 Å². The van der Waals surface area contributed by atoms with E-state index in [1.54, 1.807) is 0 Å². The van der Waals surface area contributed by atoms with Crippen LogP contribution in [0.15, 0.2) is 0 Å². The lowest BCUT2D eigenvalue weighted by Gasteiger charge is -2.25. The van der Waals surface area contributed by atoms with Gasteiger partial charge in [0.2, 0.25) is 0 Å². The molecule has 1 heterocycles. The average molecular weight is 216 g/mol. The zero-order valence-electron chi connectivity index (χ0n) is 8.95. The van der Waals surface area contributed by atoms with Gasteiger partial charge in [-0.2, -0.15) is 0 Å². The molecule has 0 aromatic carbocycles. The zero-order chi connectivity index (χ0) is 11.1. The summed E-state index contributed by atoms with van der Waals surface area (Å²) < 4.78 is 5.38. The molecule has 1 fully saturated rings. The minimum absolute atomic E-state index is 0.229. The molecular formula is C10H20N2O3. The smallest absolute Gasteiger partial charge is 0.404 e. The average Bonchev–Trinajstić information content (AvgIpc) is 2.25. The molecule has 5 nitrogen and oxygen atoms in total. The van der Waals surface area contributed by atoms with E-state index in [4.69, 9.17) is 15.6 Å². The first-order valence-electron chi connectivity index (χ1n) is 5.47. The van der Waals surface area contributed by atoms with Crippen LogP contribution in [-0.4, -0.2) is 37.5 Å². The van der Waals surface area contributed by atoms with E-state index in [0.717, 1.165) is 26.1 Å². The maximum Gasteiger partial charge on any atom is 0.404 e. The zero-order valence-corrected chi connectivity index (χ0v) is 8.95. The van der Waals surface area contributed by atoms with Crippen molar-refractivity contribution in [2.24, 2.45) is 17.6 Å². The van der Waals surface area contributed by atoms with Crippen molar-refractivity contribution in [3.8, 4) is 0 Å². The highest BCUT2D eigenvalue weighted by molar-refractivity contribution is 5.64. The quantitative estimate of drug-likeness (QED) is 0.630. The normalized spacial score (nSPS) is 23.4. The van der Waals surface area contributed by atoms with E-state index in [-0.39, 0.29) is 5.92 Å². The van der Waals surface area contributed by atoms with E-state index in [0.29, 0.717) is 19.0 Å². The Kier molecular flexibility index (Phi) is 5.42. The largest absolute Gasteiger partial charge is 0.465 e. The Bertz CT molecular complexity index is 193. The second-order valence-corrected chi connectivity index (χ2v) is 4.11. The molecule has 0 radical (unpaired) electrons. The molecule has 2 atom stereocenters. The van der Waals surface area contributed by atoms with Crippen LogP contribution in [0.25, 0.3) is 0 Å². The Labute approximate surface area is 90.0 Å². The number of hydrogen-bond acceptors (Lipinski definition) is 3. The third-order valence-electron chi connectivity index (χ3n) is 2.80. The van der Waals surface area contributed by atoms with Gasteiger partial charge >= 0.3 is 6.09 Å². The van der Waals surface area contributed by atoms with Gasteiger partial charge < -0.3 is 20.9 Å². The van der Waals surface area contributed by atoms with E-state index in [9.17, 15) is 4.79 Å². The molecule has 4 N–H and O–H groups in total. The van der Waals surface area contributed by atoms with Crippen molar-refractivity contribution in [3.05, 3.63) is 0 Å². The molecule has 88 valence electrons. The number of carbonyl (C=O) groups is 1. The van der Waals surface area contributed by atoms with Gasteiger partial charge in [0.1, 0.15) is 0 Å². The summed E-state index contributed by atoms with van der Waals surface area (Å²) >= 11 is 0. The van der Waals surface area contributed by atoms with Crippen LogP contribution in [0, 0.1) is 11.8 Å². The van der Waals surface area contributed by atoms with E-state index >= 15 is 0 Å². The van der Waals surface area contributed by atoms with Gasteiger partial charge in [0.15, 0.2) is 0 Å². The fourth-order valence-electron chi connectivity index (χ4n) is 1.96. The van der Waals surface area contributed by atoms with Crippen molar-refractivity contribution < 1.29 is 14.6 Å². The van der Waals surface area contributed by atoms with Crippen molar-refractivity contribution >= 4 is 6.09 Å². The summed E-state index contributed by atoms with van der Waals surface area (Å²) in [7, 11) is 0. The number of carboxylic acid groups (broad SMARTS) is 1. The Morgan fingerprint density at radius 1 is 1.67 bits per heavy atom. The van der Waals surface area contributed by atoms with Gasteiger partial charge in [-0.05, 0) is 37.6 Å². The fraction of sp³-hybridized carbons (Fsp3) is 0.900. The van der Waals surface area contributed by atoms with Crippen molar-refractivity contribution in [2.75, 3.05) is 26.3 Å². The third-order valence-corrected chi connectivity index (χ3v) is 2.80. The van der Waals surface area contributed by atoms with Gasteiger partial charge in [0, 0.05) is 19.8 Å². The second kappa shape index (κ2) is 6.63. The molecule has 0 spiro atoms. The van der Waals surface area contributed by atoms with Crippen LogP contribution in [-0.2, 0) is 4.74 Å². The summed E-state index contributed by atoms with van der Waals surface area (Å²) in [6, 6.07) is 0. The predicted octanol–water partition coefficient (Wildman–Crippen LogP) is 0.646. The standard InChI is InChI=1S/C10H20N2O3/c11-5-9(6-12-10(13)14)4-8-2-1-3-15-7-8/h8-9,12H,1-7,11H2,(H,13,14)/t8-,9+/m0/s1. The maximum atomic E-state index is 10.3. The maximum absolute atomic E-state index is 10.3. The molecule has 0 aromatic rings. The highest BCUT2D eigenvalue weighted by Crippen LogP contribution is 2.20. The van der Waals surface area contributed by atoms with Crippen LogP contribution in [0.2, 0.25) is 0 Å². The molecule has 1 saturated heterocycles. The van der Waals surface area contributed by atoms with Gasteiger partial charge in [-0.3, -0.25) is 0 Å². The Balaban J connectivity index is 2.22. The van der Waals surface area contributed by atoms with Crippen LogP contribution < -0.4 is 11.1 Å². The molecule has 0 bridgehead atoms. The van der Waals surface area contributed by atoms with Crippen LogP contribution in [0.1, 0.15) is 19.3 Å². The summed E-state index contributed by atoms with van der Waals surface area (Å²) in [4.78, 5) is 10.3. The third kappa shape index (κ3) is 4.99. The van der Waals surface area contributed by atoms with E-state index in [1.807, 2.05) is 0 Å². The molecule has 0 aromatic heterocycles. The molecular weight excluding hydrogens is 196 g/mol. The molecule has 0 unspecified atom stereocenters. The summed E-state index contributed by atoms with van der Waals surface area (Å²) in [5.41, 5.74) is 5.60. The highest BCUT2D eigenvalue weighted by Gasteiger charge is 2.18. The number of ether oxygens (including phenoxy) is 1. The fourth-order valence-corrected chi connectivity index (χ4v) is 1.96. The summed E-state index contributed by atoms with van der Waals surface area (Å²) in [6.07, 6.45) is 2.25. The summed E-state index contributed by atoms with van der Waals surface area (Å²) in [5.74, 6) is 0.774. The molecule has 1 rings (SSSR count). The first-order chi connectivity index (χ1) is 7.22. The first-order valence-corrected chi connectivity index (χ1v) is 5.47. The number of hydrogen-bond donors (Lipinski definition) is 3. The van der Waals surface area contributed by atoms with E-state index in [2.05, 4.69) is 5.32 Å². The molecule has 1 aliphatic rings. The lowest BCUT2D eigenvalue weighted by atomic mass is 9.90. The van der Waals surface area contributed by atoms with Gasteiger partial charge in [0.25, 0.3) is 0 Å². The Morgan fingerprint density at radius 2 is 2.47 bits per heavy atom. The predicted molar refractivity (Wildman–Crippen MR) is 56.7 cm³/mol. The number of amides is 1. The van der Waals surface area contributed by atoms with E-state index < -0.39 is 6.09 Å². The van der Waals surface area contributed by atoms with Gasteiger partial charge in [-0.15, -0.1) is 0 Å². The Hall–Kier alpha value is -0.810. The SMILES string of the molecule is NC[C@H](CNC(=O)O)C[C@@H]1CCCOC1. The monoisotopic (exact) mass is 216 g/mol. The van der Waals surface area contributed by atoms with Crippen molar-refractivity contribution in [1.82, 2.24) is 5.32 Å². The molecule has 1 amide bonds. The second-order valence-electron chi connectivity index (χ2n) is 4.11. The van der Waals surface area contributed by atoms with Crippen molar-refractivity contribution in [3.63, 3.8) is 0 Å². The lowest BCUT2D eigenvalue weighted by molar-refractivity contribution is 0.0455. The molecule has 0 saturated carbocycles. The van der Waals surface area contributed by atoms with Crippen LogP contribution >= 0.6 is 0 Å². The van der Waals surface area contributed by atoms with Gasteiger partial charge in [-0.1, -0.05) is 0 Å². The minimum Gasteiger partial charge on any atom is -0.465 e. The molecule has 1 aliphatic heterocycles. The lowest BCUT2D eigenvalue weighted by Crippen LogP contribution is -2.34. The number of nitrogens with one attached hydrogen (secondary N) is 1. The summed E-state index contributed by atoms with van der Waals surface area (Å²) in [6.45, 7) is 2.62. The Morgan fingerprint density at radius 3 is 3.00 bits per heavy atom. The molecule has 15 heavy (non-hydrogen) atoms. The van der Waals surface area contributed by atoms with Crippen LogP contribution in [0.4, 0.5) is 4.79 Å². The van der Waals surface area contributed by atoms with Crippen LogP contribution in [0.5, 0.6) is 0 Å². The molecule has 5 heteroatoms. The number of nitrogens with two attached hydrogens (primary N) is 1. The topological polar surface area (TPSA) is 84.6 Å². The van der Waals surface area contributed by atoms with Gasteiger partial charge in [-0.25, -0.2) is 4.79 Å². The number of rotatable bonds is 5. The van der Waals surface area contributed by atoms with E-state index in [1.165, 1.54) is 6.42 Å². The van der Waals surface area contributed by atoms with Gasteiger partial charge in [0.05, 0.1) is 0 Å². The minimum atomic E-state index is -0.978. The summed E-state index contributed by atoms with van der Waals surface area (Å²) in [5, 5.41) is 10.9. The first kappa shape index (κ1) is 12.3. The molecule has 0 aliphatic carbocycles.